The molecule has 0 nitrogen and oxygen atoms in total. The lowest BCUT2D eigenvalue weighted by molar-refractivity contribution is 0.404. The Hall–Kier alpha value is -0.260. The van der Waals surface area contributed by atoms with Gasteiger partial charge in [0.2, 0.25) is 0 Å². The van der Waals surface area contributed by atoms with Gasteiger partial charge in [-0.3, -0.25) is 0 Å². The smallest absolute Gasteiger partial charge is 0.00125 e. The molecule has 53 valence electrons. The zero-order valence-electron chi connectivity index (χ0n) is 6.22. The maximum atomic E-state index is 2.45. The van der Waals surface area contributed by atoms with Crippen LogP contribution in [-0.4, -0.2) is 0 Å². The second kappa shape index (κ2) is 1.66. The summed E-state index contributed by atoms with van der Waals surface area (Å²) in [6, 6.07) is 0. The zero-order chi connectivity index (χ0) is 6.55. The predicted molar refractivity (Wildman–Crippen MR) is 41.3 cm³/mol. The number of allylic oxidation sites excluding steroid dienone is 2. The van der Waals surface area contributed by atoms with Crippen LogP contribution in [0.3, 0.4) is 0 Å². The summed E-state index contributed by atoms with van der Waals surface area (Å²) in [5, 5.41) is 0. The Labute approximate surface area is 62.3 Å². The maximum absolute atomic E-state index is 2.45. The Morgan fingerprint density at radius 2 is 2.30 bits per heavy atom. The average Bonchev–Trinajstić information content (AvgIpc) is 2.60. The molecule has 2 bridgehead atoms. The highest BCUT2D eigenvalue weighted by Crippen LogP contribution is 2.56. The normalized spacial score (nSPS) is 50.6. The molecule has 0 aromatic rings. The van der Waals surface area contributed by atoms with Gasteiger partial charge in [0.1, 0.15) is 0 Å². The summed E-state index contributed by atoms with van der Waals surface area (Å²) in [5.41, 5.74) is 0. The first kappa shape index (κ1) is 5.40. The lowest BCUT2D eigenvalue weighted by Crippen LogP contribution is -2.11. The molecule has 3 aliphatic carbocycles. The van der Waals surface area contributed by atoms with E-state index in [4.69, 9.17) is 0 Å². The van der Waals surface area contributed by atoms with E-state index in [0.717, 1.165) is 17.8 Å². The van der Waals surface area contributed by atoms with E-state index in [1.807, 2.05) is 0 Å². The van der Waals surface area contributed by atoms with Crippen molar-refractivity contribution in [3.05, 3.63) is 18.1 Å². The first-order valence-electron chi connectivity index (χ1n) is 4.49. The molecule has 2 fully saturated rings. The standard InChI is InChI=1S/C10H13/c1-2-9-7-4-5-8(6-7)10(9)3-1/h4-5,7,9-10H,1-3,6H2. The van der Waals surface area contributed by atoms with E-state index in [1.165, 1.54) is 25.7 Å². The molecule has 2 saturated carbocycles. The molecule has 0 aromatic carbocycles. The molecule has 1 radical (unpaired) electrons. The predicted octanol–water partition coefficient (Wildman–Crippen LogP) is 2.57. The molecule has 3 atom stereocenters. The fraction of sp³-hybridized carbons (Fsp3) is 0.700. The Morgan fingerprint density at radius 1 is 1.30 bits per heavy atom. The van der Waals surface area contributed by atoms with Gasteiger partial charge in [0.15, 0.2) is 0 Å². The van der Waals surface area contributed by atoms with Gasteiger partial charge in [0.05, 0.1) is 0 Å². The topological polar surface area (TPSA) is 0 Å². The highest BCUT2D eigenvalue weighted by molar-refractivity contribution is 5.30. The molecule has 0 amide bonds. The van der Waals surface area contributed by atoms with Gasteiger partial charge in [-0.2, -0.15) is 0 Å². The minimum absolute atomic E-state index is 0.975. The van der Waals surface area contributed by atoms with Crippen LogP contribution in [-0.2, 0) is 0 Å². The molecule has 3 aliphatic rings. The Kier molecular flexibility index (Phi) is 0.898. The van der Waals surface area contributed by atoms with Crippen molar-refractivity contribution in [3.8, 4) is 0 Å². The molecule has 3 unspecified atom stereocenters. The van der Waals surface area contributed by atoms with Crippen LogP contribution in [0, 0.1) is 23.7 Å². The Morgan fingerprint density at radius 3 is 3.20 bits per heavy atom. The largest absolute Gasteiger partial charge is 0.0845 e. The molecule has 0 aliphatic heterocycles. The van der Waals surface area contributed by atoms with Crippen LogP contribution in [0.4, 0.5) is 0 Å². The van der Waals surface area contributed by atoms with E-state index in [9.17, 15) is 0 Å². The van der Waals surface area contributed by atoms with Gasteiger partial charge < -0.3 is 0 Å². The van der Waals surface area contributed by atoms with E-state index in [2.05, 4.69) is 12.2 Å². The van der Waals surface area contributed by atoms with Gasteiger partial charge in [-0.1, -0.05) is 18.6 Å². The summed E-state index contributed by atoms with van der Waals surface area (Å²) in [6.45, 7) is 0. The monoisotopic (exact) mass is 133 g/mol. The molecule has 0 aromatic heterocycles. The molecular weight excluding hydrogens is 120 g/mol. The highest BCUT2D eigenvalue weighted by Gasteiger charge is 2.46. The van der Waals surface area contributed by atoms with Gasteiger partial charge >= 0.3 is 0 Å². The lowest BCUT2D eigenvalue weighted by Gasteiger charge is -2.18. The maximum Gasteiger partial charge on any atom is 0.00125 e. The summed E-state index contributed by atoms with van der Waals surface area (Å²) in [4.78, 5) is 0. The van der Waals surface area contributed by atoms with Crippen LogP contribution in [0.25, 0.3) is 0 Å². The second-order valence-electron chi connectivity index (χ2n) is 4.00. The van der Waals surface area contributed by atoms with Crippen LogP contribution in [0.15, 0.2) is 12.2 Å². The van der Waals surface area contributed by atoms with Crippen LogP contribution in [0.2, 0.25) is 0 Å². The number of fused-ring (bicyclic) bond motifs is 5. The van der Waals surface area contributed by atoms with Crippen molar-refractivity contribution in [2.24, 2.45) is 17.8 Å². The van der Waals surface area contributed by atoms with Gasteiger partial charge in [-0.25, -0.2) is 0 Å². The fourth-order valence-corrected chi connectivity index (χ4v) is 3.19. The summed E-state index contributed by atoms with van der Waals surface area (Å²) in [5.74, 6) is 4.88. The van der Waals surface area contributed by atoms with Crippen molar-refractivity contribution in [2.45, 2.75) is 25.7 Å². The summed E-state index contributed by atoms with van der Waals surface area (Å²) in [6.07, 6.45) is 10.8. The van der Waals surface area contributed by atoms with Crippen molar-refractivity contribution in [1.29, 1.82) is 0 Å². The molecule has 0 N–H and O–H groups in total. The van der Waals surface area contributed by atoms with E-state index in [1.54, 1.807) is 5.92 Å². The Bertz CT molecular complexity index is 162. The van der Waals surface area contributed by atoms with E-state index < -0.39 is 0 Å². The minimum Gasteiger partial charge on any atom is -0.0845 e. The first-order chi connectivity index (χ1) is 4.95. The summed E-state index contributed by atoms with van der Waals surface area (Å²) >= 11 is 0. The second-order valence-corrected chi connectivity index (χ2v) is 4.00. The zero-order valence-corrected chi connectivity index (χ0v) is 6.22. The lowest BCUT2D eigenvalue weighted by atomic mass is 9.86. The SMILES string of the molecule is C1=CC2C[C]1C1CCCC21. The van der Waals surface area contributed by atoms with Crippen molar-refractivity contribution < 1.29 is 0 Å². The van der Waals surface area contributed by atoms with E-state index in [-0.39, 0.29) is 0 Å². The summed E-state index contributed by atoms with van der Waals surface area (Å²) < 4.78 is 0. The third-order valence-electron chi connectivity index (χ3n) is 3.62. The molecule has 0 heteroatoms. The van der Waals surface area contributed by atoms with E-state index in [0.29, 0.717) is 0 Å². The third kappa shape index (κ3) is 0.492. The van der Waals surface area contributed by atoms with Gasteiger partial charge in [-0.05, 0) is 37.0 Å². The van der Waals surface area contributed by atoms with Crippen LogP contribution < -0.4 is 0 Å². The van der Waals surface area contributed by atoms with Crippen molar-refractivity contribution in [1.82, 2.24) is 0 Å². The van der Waals surface area contributed by atoms with Gasteiger partial charge in [0.25, 0.3) is 0 Å². The average molecular weight is 133 g/mol. The summed E-state index contributed by atoms with van der Waals surface area (Å²) in [7, 11) is 0. The number of hydrogen-bond donors (Lipinski definition) is 0. The van der Waals surface area contributed by atoms with Crippen LogP contribution >= 0.6 is 0 Å². The van der Waals surface area contributed by atoms with Crippen LogP contribution in [0.5, 0.6) is 0 Å². The molecule has 0 heterocycles. The minimum atomic E-state index is 0.975. The molecule has 10 heavy (non-hydrogen) atoms. The fourth-order valence-electron chi connectivity index (χ4n) is 3.19. The number of rotatable bonds is 0. The Balaban J connectivity index is 1.99. The third-order valence-corrected chi connectivity index (χ3v) is 3.62. The van der Waals surface area contributed by atoms with Crippen molar-refractivity contribution in [3.63, 3.8) is 0 Å². The van der Waals surface area contributed by atoms with Gasteiger partial charge in [0, 0.05) is 5.92 Å². The van der Waals surface area contributed by atoms with Crippen molar-refractivity contribution in [2.75, 3.05) is 0 Å². The van der Waals surface area contributed by atoms with Gasteiger partial charge in [-0.15, -0.1) is 0 Å². The molecule has 3 rings (SSSR count). The number of hydrogen-bond acceptors (Lipinski definition) is 0. The molecule has 0 spiro atoms. The van der Waals surface area contributed by atoms with Crippen LogP contribution in [0.1, 0.15) is 25.7 Å². The quantitative estimate of drug-likeness (QED) is 0.476. The molecular formula is C10H13. The first-order valence-corrected chi connectivity index (χ1v) is 4.49. The highest BCUT2D eigenvalue weighted by atomic mass is 14.5. The van der Waals surface area contributed by atoms with E-state index >= 15 is 0 Å². The molecule has 0 saturated heterocycles. The van der Waals surface area contributed by atoms with Crippen molar-refractivity contribution >= 4 is 0 Å².